The molecule has 115 valence electrons. The third-order valence-corrected chi connectivity index (χ3v) is 3.23. The van der Waals surface area contributed by atoms with E-state index >= 15 is 0 Å². The molecule has 2 aromatic heterocycles. The number of ether oxygens (including phenoxy) is 1. The van der Waals surface area contributed by atoms with Crippen molar-refractivity contribution in [1.82, 2.24) is 14.8 Å². The van der Waals surface area contributed by atoms with E-state index in [2.05, 4.69) is 16.1 Å². The van der Waals surface area contributed by atoms with Gasteiger partial charge in [0, 0.05) is 17.6 Å². The van der Waals surface area contributed by atoms with E-state index in [1.54, 1.807) is 30.5 Å². The van der Waals surface area contributed by atoms with Crippen LogP contribution in [0.2, 0.25) is 0 Å². The Kier molecular flexibility index (Phi) is 3.76. The van der Waals surface area contributed by atoms with E-state index in [9.17, 15) is 9.18 Å². The molecule has 0 unspecified atom stereocenters. The Morgan fingerprint density at radius 3 is 2.87 bits per heavy atom. The van der Waals surface area contributed by atoms with E-state index in [1.165, 1.54) is 7.11 Å². The second-order valence-corrected chi connectivity index (χ2v) is 4.67. The molecule has 0 aliphatic rings. The summed E-state index contributed by atoms with van der Waals surface area (Å²) in [5.74, 6) is -0.109. The highest BCUT2D eigenvalue weighted by molar-refractivity contribution is 5.95. The number of nitrogens with two attached hydrogens (primary N) is 1. The first-order valence-corrected chi connectivity index (χ1v) is 6.66. The number of carbonyl (C=O) groups excluding carboxylic acids is 1. The monoisotopic (exact) mass is 311 g/mol. The summed E-state index contributed by atoms with van der Waals surface area (Å²) >= 11 is 0. The topological polar surface area (TPSA) is 83.0 Å². The number of pyridine rings is 1. The molecule has 0 bridgehead atoms. The number of nitrogens with zero attached hydrogens (tertiary/aromatic N) is 3. The Morgan fingerprint density at radius 1 is 1.39 bits per heavy atom. The van der Waals surface area contributed by atoms with Gasteiger partial charge in [-0.3, -0.25) is 0 Å². The van der Waals surface area contributed by atoms with Gasteiger partial charge in [0.15, 0.2) is 0 Å². The molecule has 1 aromatic carbocycles. The van der Waals surface area contributed by atoms with Gasteiger partial charge in [0.1, 0.15) is 11.3 Å². The Morgan fingerprint density at radius 2 is 2.22 bits per heavy atom. The first-order valence-electron chi connectivity index (χ1n) is 6.66. The lowest BCUT2D eigenvalue weighted by atomic mass is 10.1. The molecule has 0 aliphatic carbocycles. The van der Waals surface area contributed by atoms with Crippen molar-refractivity contribution in [3.63, 3.8) is 0 Å². The lowest BCUT2D eigenvalue weighted by Crippen LogP contribution is -2.21. The average Bonchev–Trinajstić information content (AvgIpc) is 2.94. The van der Waals surface area contributed by atoms with E-state index in [0.717, 1.165) is 16.3 Å². The number of amides is 1. The predicted molar refractivity (Wildman–Crippen MR) is 83.2 cm³/mol. The van der Waals surface area contributed by atoms with Crippen molar-refractivity contribution in [2.75, 3.05) is 7.11 Å². The van der Waals surface area contributed by atoms with Gasteiger partial charge >= 0.3 is 6.03 Å². The Labute approximate surface area is 131 Å². The van der Waals surface area contributed by atoms with Gasteiger partial charge in [-0.05, 0) is 35.9 Å². The second-order valence-electron chi connectivity index (χ2n) is 4.67. The van der Waals surface area contributed by atoms with E-state index in [-0.39, 0.29) is 5.52 Å². The third-order valence-electron chi connectivity index (χ3n) is 3.23. The molecule has 2 heterocycles. The molecule has 0 fully saturated rings. The van der Waals surface area contributed by atoms with Crippen LogP contribution in [0.1, 0.15) is 11.3 Å². The zero-order valence-electron chi connectivity index (χ0n) is 12.2. The van der Waals surface area contributed by atoms with Crippen LogP contribution in [-0.2, 0) is 0 Å². The number of carbonyl (C=O) groups is 1. The van der Waals surface area contributed by atoms with Gasteiger partial charge in [0.05, 0.1) is 12.8 Å². The fourth-order valence-electron chi connectivity index (χ4n) is 2.15. The van der Waals surface area contributed by atoms with Crippen LogP contribution in [0.25, 0.3) is 23.1 Å². The third kappa shape index (κ3) is 2.76. The Balaban J connectivity index is 2.04. The summed E-state index contributed by atoms with van der Waals surface area (Å²) in [7, 11) is 1.53. The van der Waals surface area contributed by atoms with Gasteiger partial charge in [-0.1, -0.05) is 6.08 Å². The molecular weight excluding hydrogens is 299 g/mol. The van der Waals surface area contributed by atoms with Gasteiger partial charge in [-0.25, -0.2) is 14.2 Å². The summed E-state index contributed by atoms with van der Waals surface area (Å²) in [6.07, 6.45) is 5.01. The van der Waals surface area contributed by atoms with E-state index < -0.39 is 11.8 Å². The summed E-state index contributed by atoms with van der Waals surface area (Å²) in [6, 6.07) is 8.02. The molecule has 0 spiro atoms. The summed E-state index contributed by atoms with van der Waals surface area (Å²) in [4.78, 5) is 15.5. The highest BCUT2D eigenvalue weighted by Gasteiger charge is 2.15. The summed E-state index contributed by atoms with van der Waals surface area (Å²) in [5, 5.41) is 4.49. The van der Waals surface area contributed by atoms with Crippen LogP contribution in [0.5, 0.6) is 5.88 Å². The minimum absolute atomic E-state index is 0.0313. The fourth-order valence-corrected chi connectivity index (χ4v) is 2.15. The van der Waals surface area contributed by atoms with Gasteiger partial charge < -0.3 is 10.5 Å². The number of methoxy groups -OCH3 is 1. The largest absolute Gasteiger partial charge is 0.481 e. The van der Waals surface area contributed by atoms with Gasteiger partial charge in [-0.2, -0.15) is 9.78 Å². The first kappa shape index (κ1) is 14.7. The summed E-state index contributed by atoms with van der Waals surface area (Å²) in [6.45, 7) is 0. The molecule has 23 heavy (non-hydrogen) atoms. The predicted octanol–water partition coefficient (Wildman–Crippen LogP) is 2.48. The van der Waals surface area contributed by atoms with Crippen LogP contribution in [0.15, 0.2) is 30.5 Å². The van der Waals surface area contributed by atoms with Crippen molar-refractivity contribution in [3.05, 3.63) is 53.6 Å². The minimum Gasteiger partial charge on any atom is -0.481 e. The number of halogens is 1. The molecule has 0 aliphatic heterocycles. The fraction of sp³-hybridized carbons (Fsp3) is 0.0625. The van der Waals surface area contributed by atoms with Crippen LogP contribution in [0, 0.1) is 11.9 Å². The quantitative estimate of drug-likeness (QED) is 0.805. The van der Waals surface area contributed by atoms with Gasteiger partial charge in [0.25, 0.3) is 0 Å². The SMILES string of the molecule is COc1ccc(/C=C/c2nn(C(N)=O)c3c(F)c[c]cc23)cn1. The van der Waals surface area contributed by atoms with Crippen molar-refractivity contribution in [3.8, 4) is 5.88 Å². The van der Waals surface area contributed by atoms with Crippen molar-refractivity contribution in [2.45, 2.75) is 0 Å². The lowest BCUT2D eigenvalue weighted by molar-refractivity contribution is 0.248. The number of benzene rings is 1. The van der Waals surface area contributed by atoms with Gasteiger partial charge in [-0.15, -0.1) is 0 Å². The first-order chi connectivity index (χ1) is 11.1. The van der Waals surface area contributed by atoms with E-state index in [4.69, 9.17) is 10.5 Å². The number of hydrogen-bond donors (Lipinski definition) is 1. The highest BCUT2D eigenvalue weighted by Crippen LogP contribution is 2.23. The molecule has 3 rings (SSSR count). The standard InChI is InChI=1S/C16H12FN4O2/c1-23-14-8-6-10(9-19-14)5-7-13-11-3-2-4-12(17)15(11)21(20-13)16(18)22/h3-9H,1H3,(H2,18,22)/b7-5+. The van der Waals surface area contributed by atoms with Crippen LogP contribution >= 0.6 is 0 Å². The molecule has 1 radical (unpaired) electrons. The lowest BCUT2D eigenvalue weighted by Gasteiger charge is -1.97. The van der Waals surface area contributed by atoms with Crippen LogP contribution in [-0.4, -0.2) is 27.9 Å². The molecule has 2 N–H and O–H groups in total. The Bertz CT molecular complexity index is 900. The van der Waals surface area contributed by atoms with E-state index in [0.29, 0.717) is 17.0 Å². The summed E-state index contributed by atoms with van der Waals surface area (Å²) < 4.78 is 19.7. The number of fused-ring (bicyclic) bond motifs is 1. The molecule has 0 saturated carbocycles. The maximum Gasteiger partial charge on any atom is 0.340 e. The minimum atomic E-state index is -0.856. The maximum atomic E-state index is 13.9. The van der Waals surface area contributed by atoms with Gasteiger partial charge in [0.2, 0.25) is 5.88 Å². The molecular formula is C16H12FN4O2. The molecule has 1 amide bonds. The molecule has 0 atom stereocenters. The van der Waals surface area contributed by atoms with E-state index in [1.807, 2.05) is 6.07 Å². The highest BCUT2D eigenvalue weighted by atomic mass is 19.1. The molecule has 0 saturated heterocycles. The molecule has 3 aromatic rings. The van der Waals surface area contributed by atoms with Crippen LogP contribution < -0.4 is 10.5 Å². The molecule has 7 heteroatoms. The van der Waals surface area contributed by atoms with Crippen LogP contribution in [0.3, 0.4) is 0 Å². The van der Waals surface area contributed by atoms with Crippen molar-refractivity contribution >= 4 is 29.1 Å². The zero-order valence-corrected chi connectivity index (χ0v) is 12.2. The number of aromatic nitrogens is 3. The summed E-state index contributed by atoms with van der Waals surface area (Å²) in [5.41, 5.74) is 6.48. The van der Waals surface area contributed by atoms with Crippen molar-refractivity contribution in [1.29, 1.82) is 0 Å². The number of rotatable bonds is 3. The van der Waals surface area contributed by atoms with Crippen LogP contribution in [0.4, 0.5) is 9.18 Å². The average molecular weight is 311 g/mol. The Hall–Kier alpha value is -3.22. The zero-order chi connectivity index (χ0) is 16.4. The number of primary amides is 1. The van der Waals surface area contributed by atoms with Crippen molar-refractivity contribution in [2.24, 2.45) is 5.73 Å². The molecule has 6 nitrogen and oxygen atoms in total. The number of hydrogen-bond acceptors (Lipinski definition) is 4. The maximum absolute atomic E-state index is 13.9. The van der Waals surface area contributed by atoms with Crippen molar-refractivity contribution < 1.29 is 13.9 Å². The second kappa shape index (κ2) is 5.88. The normalized spacial score (nSPS) is 11.2. The smallest absolute Gasteiger partial charge is 0.340 e.